The number of halogens is 2. The van der Waals surface area contributed by atoms with Crippen molar-refractivity contribution in [3.63, 3.8) is 0 Å². The van der Waals surface area contributed by atoms with Crippen molar-refractivity contribution in [1.29, 1.82) is 0 Å². The summed E-state index contributed by atoms with van der Waals surface area (Å²) in [5.74, 6) is -0.0682. The average Bonchev–Trinajstić information content (AvgIpc) is 2.83. The van der Waals surface area contributed by atoms with Crippen molar-refractivity contribution in [3.05, 3.63) is 58.7 Å². The molecule has 1 aliphatic rings. The topological polar surface area (TPSA) is 54.3 Å². The number of carbonyl (C=O) groups excluding carboxylic acids is 1. The van der Waals surface area contributed by atoms with Gasteiger partial charge in [0.1, 0.15) is 5.75 Å². The van der Waals surface area contributed by atoms with Crippen LogP contribution in [0.25, 0.3) is 0 Å². The van der Waals surface area contributed by atoms with Crippen LogP contribution in [-0.2, 0) is 4.79 Å². The fourth-order valence-corrected chi connectivity index (χ4v) is 2.93. The third-order valence-electron chi connectivity index (χ3n) is 4.08. The monoisotopic (exact) mass is 357 g/mol. The van der Waals surface area contributed by atoms with E-state index in [4.69, 9.17) is 0 Å². The number of aryl methyl sites for hydroxylation is 2. The van der Waals surface area contributed by atoms with Gasteiger partial charge in [0.2, 0.25) is 0 Å². The minimum atomic E-state index is -2.87. The third kappa shape index (κ3) is 3.33. The lowest BCUT2D eigenvalue weighted by Gasteiger charge is -2.11. The van der Waals surface area contributed by atoms with Gasteiger partial charge >= 0.3 is 6.61 Å². The third-order valence-corrected chi connectivity index (χ3v) is 4.08. The zero-order valence-electron chi connectivity index (χ0n) is 14.5. The summed E-state index contributed by atoms with van der Waals surface area (Å²) in [7, 11) is 1.68. The number of anilines is 1. The quantitative estimate of drug-likeness (QED) is 0.619. The molecule has 0 saturated carbocycles. The Morgan fingerprint density at radius 3 is 2.46 bits per heavy atom. The Hall–Kier alpha value is -3.09. The maximum absolute atomic E-state index is 12.4. The van der Waals surface area contributed by atoms with Crippen LogP contribution in [0.2, 0.25) is 0 Å². The van der Waals surface area contributed by atoms with E-state index in [9.17, 15) is 13.6 Å². The van der Waals surface area contributed by atoms with Crippen LogP contribution in [0.3, 0.4) is 0 Å². The number of rotatable bonds is 4. The first kappa shape index (κ1) is 17.7. The molecule has 26 heavy (non-hydrogen) atoms. The van der Waals surface area contributed by atoms with Gasteiger partial charge < -0.3 is 9.64 Å². The van der Waals surface area contributed by atoms with E-state index >= 15 is 0 Å². The summed E-state index contributed by atoms with van der Waals surface area (Å²) in [4.78, 5) is 13.8. The number of amides is 1. The van der Waals surface area contributed by atoms with Crippen LogP contribution in [0.4, 0.5) is 14.5 Å². The van der Waals surface area contributed by atoms with E-state index in [1.807, 2.05) is 24.3 Å². The molecule has 0 saturated heterocycles. The highest BCUT2D eigenvalue weighted by molar-refractivity contribution is 6.54. The van der Waals surface area contributed by atoms with Crippen LogP contribution in [0.1, 0.15) is 22.3 Å². The standard InChI is InChI=1S/C19H17F2N3O2/c1-11-8-13(9-12(2)17(11)26-19(20)21)10-22-23-16-14-6-4-5-7-15(14)24(3)18(16)25/h4-10,19H,1-3H3/b22-10-,23-16+. The molecule has 1 amide bonds. The van der Waals surface area contributed by atoms with Gasteiger partial charge in [-0.1, -0.05) is 18.2 Å². The van der Waals surface area contributed by atoms with Crippen LogP contribution in [0.15, 0.2) is 46.6 Å². The number of para-hydroxylation sites is 1. The minimum absolute atomic E-state index is 0.157. The van der Waals surface area contributed by atoms with Gasteiger partial charge in [0.25, 0.3) is 5.91 Å². The molecule has 1 aliphatic heterocycles. The molecule has 5 nitrogen and oxygen atoms in total. The number of fused-ring (bicyclic) bond motifs is 1. The van der Waals surface area contributed by atoms with E-state index < -0.39 is 6.61 Å². The Balaban J connectivity index is 1.87. The van der Waals surface area contributed by atoms with E-state index in [0.29, 0.717) is 16.7 Å². The lowest BCUT2D eigenvalue weighted by Crippen LogP contribution is -2.25. The number of benzene rings is 2. The van der Waals surface area contributed by atoms with Crippen molar-refractivity contribution in [2.24, 2.45) is 10.2 Å². The van der Waals surface area contributed by atoms with Gasteiger partial charge in [-0.2, -0.15) is 13.9 Å². The summed E-state index contributed by atoms with van der Waals surface area (Å²) >= 11 is 0. The van der Waals surface area contributed by atoms with Crippen LogP contribution in [0.5, 0.6) is 5.75 Å². The predicted octanol–water partition coefficient (Wildman–Crippen LogP) is 3.70. The number of nitrogens with zero attached hydrogens (tertiary/aromatic N) is 3. The van der Waals surface area contributed by atoms with Crippen molar-refractivity contribution < 1.29 is 18.3 Å². The zero-order valence-corrected chi connectivity index (χ0v) is 14.5. The first-order valence-electron chi connectivity index (χ1n) is 7.93. The van der Waals surface area contributed by atoms with Gasteiger partial charge in [-0.25, -0.2) is 0 Å². The summed E-state index contributed by atoms with van der Waals surface area (Å²) in [5, 5.41) is 8.07. The first-order chi connectivity index (χ1) is 12.4. The van der Waals surface area contributed by atoms with Gasteiger partial charge in [0.05, 0.1) is 11.9 Å². The summed E-state index contributed by atoms with van der Waals surface area (Å²) in [6, 6.07) is 10.7. The molecule has 0 aromatic heterocycles. The Morgan fingerprint density at radius 2 is 1.81 bits per heavy atom. The van der Waals surface area contributed by atoms with E-state index in [1.165, 1.54) is 11.1 Å². The maximum Gasteiger partial charge on any atom is 0.387 e. The number of likely N-dealkylation sites (N-methyl/N-ethyl adjacent to an activating group) is 1. The molecule has 0 aliphatic carbocycles. The maximum atomic E-state index is 12.4. The van der Waals surface area contributed by atoms with Crippen molar-refractivity contribution in [2.75, 3.05) is 11.9 Å². The molecular formula is C19H17F2N3O2. The van der Waals surface area contributed by atoms with Crippen LogP contribution < -0.4 is 9.64 Å². The summed E-state index contributed by atoms with van der Waals surface area (Å²) in [5.41, 5.74) is 3.60. The average molecular weight is 357 g/mol. The second-order valence-electron chi connectivity index (χ2n) is 5.94. The number of hydrogen-bond donors (Lipinski definition) is 0. The van der Waals surface area contributed by atoms with Crippen LogP contribution >= 0.6 is 0 Å². The fourth-order valence-electron chi connectivity index (χ4n) is 2.93. The molecule has 0 fully saturated rings. The lowest BCUT2D eigenvalue weighted by atomic mass is 10.1. The van der Waals surface area contributed by atoms with Crippen molar-refractivity contribution in [3.8, 4) is 5.75 Å². The fraction of sp³-hybridized carbons (Fsp3) is 0.211. The highest BCUT2D eigenvalue weighted by Crippen LogP contribution is 2.28. The highest BCUT2D eigenvalue weighted by Gasteiger charge is 2.30. The van der Waals surface area contributed by atoms with Gasteiger partial charge in [0.15, 0.2) is 5.71 Å². The Labute approximate surface area is 149 Å². The van der Waals surface area contributed by atoms with Gasteiger partial charge in [-0.15, -0.1) is 5.10 Å². The SMILES string of the molecule is Cc1cc(/C=N\N=C2\C(=O)N(C)c3ccccc32)cc(C)c1OC(F)F. The Morgan fingerprint density at radius 1 is 1.15 bits per heavy atom. The van der Waals surface area contributed by atoms with Gasteiger partial charge in [0, 0.05) is 12.6 Å². The molecule has 7 heteroatoms. The lowest BCUT2D eigenvalue weighted by molar-refractivity contribution is -0.111. The Kier molecular flexibility index (Phi) is 4.79. The summed E-state index contributed by atoms with van der Waals surface area (Å²) in [6.45, 7) is 0.489. The number of carbonyl (C=O) groups is 1. The summed E-state index contributed by atoms with van der Waals surface area (Å²) < 4.78 is 29.4. The molecule has 0 radical (unpaired) electrons. The first-order valence-corrected chi connectivity index (χ1v) is 7.93. The Bertz CT molecular complexity index is 900. The van der Waals surface area contributed by atoms with Crippen molar-refractivity contribution in [2.45, 2.75) is 20.5 Å². The summed E-state index contributed by atoms with van der Waals surface area (Å²) in [6.07, 6.45) is 1.48. The molecule has 1 heterocycles. The molecule has 0 N–H and O–H groups in total. The number of ether oxygens (including phenoxy) is 1. The number of alkyl halides is 2. The number of hydrogen-bond acceptors (Lipinski definition) is 4. The minimum Gasteiger partial charge on any atom is -0.434 e. The molecule has 2 aromatic rings. The van der Waals surface area contributed by atoms with E-state index in [0.717, 1.165) is 11.3 Å². The smallest absolute Gasteiger partial charge is 0.387 e. The van der Waals surface area contributed by atoms with E-state index in [2.05, 4.69) is 14.9 Å². The van der Waals surface area contributed by atoms with Crippen LogP contribution in [-0.4, -0.2) is 31.5 Å². The second kappa shape index (κ2) is 7.03. The van der Waals surface area contributed by atoms with Crippen molar-refractivity contribution >= 4 is 23.5 Å². The molecule has 0 unspecified atom stereocenters. The zero-order chi connectivity index (χ0) is 18.8. The molecule has 0 bridgehead atoms. The van der Waals surface area contributed by atoms with E-state index in [1.54, 1.807) is 33.0 Å². The predicted molar refractivity (Wildman–Crippen MR) is 96.5 cm³/mol. The molecule has 134 valence electrons. The normalized spacial score (nSPS) is 15.4. The largest absolute Gasteiger partial charge is 0.434 e. The van der Waals surface area contributed by atoms with E-state index in [-0.39, 0.29) is 17.4 Å². The molecule has 0 spiro atoms. The van der Waals surface area contributed by atoms with Crippen molar-refractivity contribution in [1.82, 2.24) is 0 Å². The molecule has 0 atom stereocenters. The molecular weight excluding hydrogens is 340 g/mol. The van der Waals surface area contributed by atoms with Gasteiger partial charge in [-0.3, -0.25) is 4.79 Å². The second-order valence-corrected chi connectivity index (χ2v) is 5.94. The molecule has 2 aromatic carbocycles. The molecule has 3 rings (SSSR count). The van der Waals surface area contributed by atoms with Crippen LogP contribution in [0, 0.1) is 13.8 Å². The highest BCUT2D eigenvalue weighted by atomic mass is 19.3. The van der Waals surface area contributed by atoms with Gasteiger partial charge in [-0.05, 0) is 48.7 Å².